The minimum Gasteiger partial charge on any atom is -0.357 e. The summed E-state index contributed by atoms with van der Waals surface area (Å²) in [4.78, 5) is 6.45. The first-order chi connectivity index (χ1) is 8.13. The van der Waals surface area contributed by atoms with Crippen LogP contribution < -0.4 is 4.90 Å². The highest BCUT2D eigenvalue weighted by molar-refractivity contribution is 6.18. The Bertz CT molecular complexity index is 506. The van der Waals surface area contributed by atoms with Crippen molar-refractivity contribution in [3.05, 3.63) is 24.2 Å². The Morgan fingerprint density at radius 2 is 2.24 bits per heavy atom. The van der Waals surface area contributed by atoms with Gasteiger partial charge < -0.3 is 4.90 Å². The molecule has 5 heteroatoms. The Balaban J connectivity index is 2.49. The molecule has 0 aliphatic heterocycles. The lowest BCUT2D eigenvalue weighted by Gasteiger charge is -2.16. The second-order valence-electron chi connectivity index (χ2n) is 4.42. The molecule has 2 heterocycles. The van der Waals surface area contributed by atoms with Crippen molar-refractivity contribution in [2.24, 2.45) is 0 Å². The average molecular weight is 253 g/mol. The number of nitrogens with zero attached hydrogens (tertiary/aromatic N) is 4. The zero-order valence-electron chi connectivity index (χ0n) is 10.4. The summed E-state index contributed by atoms with van der Waals surface area (Å²) >= 11 is 5.76. The summed E-state index contributed by atoms with van der Waals surface area (Å²) in [5.74, 6) is 1.93. The Kier molecular flexibility index (Phi) is 3.52. The average Bonchev–Trinajstić information content (AvgIpc) is 2.72. The minimum absolute atomic E-state index is 0.418. The van der Waals surface area contributed by atoms with E-state index in [2.05, 4.69) is 30.0 Å². The number of anilines is 1. The summed E-state index contributed by atoms with van der Waals surface area (Å²) in [7, 11) is 1.99. The number of aromatic nitrogens is 3. The molecule has 0 N–H and O–H groups in total. The van der Waals surface area contributed by atoms with E-state index in [9.17, 15) is 0 Å². The van der Waals surface area contributed by atoms with Crippen LogP contribution in [-0.2, 0) is 0 Å². The topological polar surface area (TPSA) is 33.4 Å². The van der Waals surface area contributed by atoms with Crippen molar-refractivity contribution < 1.29 is 0 Å². The maximum atomic E-state index is 5.76. The third-order valence-electron chi connectivity index (χ3n) is 2.76. The van der Waals surface area contributed by atoms with Gasteiger partial charge in [0.1, 0.15) is 5.52 Å². The highest BCUT2D eigenvalue weighted by Crippen LogP contribution is 2.21. The second-order valence-corrected chi connectivity index (χ2v) is 4.79. The molecule has 0 radical (unpaired) electrons. The molecule has 4 nitrogen and oxygen atoms in total. The molecule has 0 amide bonds. The standard InChI is InChI=1S/C12H17ClN4/c1-9(2)10-8-11-12(16(3)6-4-13)14-5-7-17(11)15-10/h5,7-9H,4,6H2,1-3H3. The third kappa shape index (κ3) is 2.36. The Hall–Kier alpha value is -1.29. The summed E-state index contributed by atoms with van der Waals surface area (Å²) in [6.45, 7) is 5.05. The van der Waals surface area contributed by atoms with Gasteiger partial charge in [0, 0.05) is 31.9 Å². The lowest BCUT2D eigenvalue weighted by atomic mass is 10.1. The lowest BCUT2D eigenvalue weighted by Crippen LogP contribution is -2.21. The van der Waals surface area contributed by atoms with Crippen LogP contribution in [0.3, 0.4) is 0 Å². The third-order valence-corrected chi connectivity index (χ3v) is 2.93. The smallest absolute Gasteiger partial charge is 0.154 e. The highest BCUT2D eigenvalue weighted by atomic mass is 35.5. The fraction of sp³-hybridized carbons (Fsp3) is 0.500. The Morgan fingerprint density at radius 1 is 1.47 bits per heavy atom. The Labute approximate surface area is 106 Å². The van der Waals surface area contributed by atoms with Crippen LogP contribution in [0.25, 0.3) is 5.52 Å². The molecule has 0 bridgehead atoms. The normalized spacial score (nSPS) is 11.4. The van der Waals surface area contributed by atoms with Crippen molar-refractivity contribution in [1.82, 2.24) is 14.6 Å². The lowest BCUT2D eigenvalue weighted by molar-refractivity contribution is 0.785. The van der Waals surface area contributed by atoms with Crippen LogP contribution in [-0.4, -0.2) is 34.1 Å². The summed E-state index contributed by atoms with van der Waals surface area (Å²) in [5, 5.41) is 4.53. The van der Waals surface area contributed by atoms with E-state index < -0.39 is 0 Å². The van der Waals surface area contributed by atoms with E-state index in [1.54, 1.807) is 6.20 Å². The maximum Gasteiger partial charge on any atom is 0.154 e. The van der Waals surface area contributed by atoms with Crippen molar-refractivity contribution >= 4 is 22.9 Å². The van der Waals surface area contributed by atoms with Gasteiger partial charge in [-0.05, 0) is 12.0 Å². The molecule has 0 aliphatic rings. The van der Waals surface area contributed by atoms with Gasteiger partial charge in [0.2, 0.25) is 0 Å². The monoisotopic (exact) mass is 252 g/mol. The van der Waals surface area contributed by atoms with Crippen molar-refractivity contribution in [3.8, 4) is 0 Å². The molecule has 0 unspecified atom stereocenters. The second kappa shape index (κ2) is 4.92. The fourth-order valence-corrected chi connectivity index (χ4v) is 1.99. The summed E-state index contributed by atoms with van der Waals surface area (Å²) in [6.07, 6.45) is 3.64. The fourth-order valence-electron chi connectivity index (χ4n) is 1.74. The molecule has 0 saturated heterocycles. The van der Waals surface area contributed by atoms with Gasteiger partial charge in [-0.1, -0.05) is 13.8 Å². The quantitative estimate of drug-likeness (QED) is 0.784. The van der Waals surface area contributed by atoms with Gasteiger partial charge in [0.05, 0.1) is 5.69 Å². The predicted molar refractivity (Wildman–Crippen MR) is 71.1 cm³/mol. The molecular weight excluding hydrogens is 236 g/mol. The van der Waals surface area contributed by atoms with E-state index in [0.717, 1.165) is 23.6 Å². The van der Waals surface area contributed by atoms with Crippen molar-refractivity contribution in [3.63, 3.8) is 0 Å². The van der Waals surface area contributed by atoms with E-state index in [-0.39, 0.29) is 0 Å². The molecule has 2 aromatic rings. The van der Waals surface area contributed by atoms with Crippen LogP contribution in [0.5, 0.6) is 0 Å². The van der Waals surface area contributed by atoms with Crippen LogP contribution in [0, 0.1) is 0 Å². The van der Waals surface area contributed by atoms with Crippen molar-refractivity contribution in [2.45, 2.75) is 19.8 Å². The van der Waals surface area contributed by atoms with Crippen LogP contribution in [0.2, 0.25) is 0 Å². The number of halogens is 1. The van der Waals surface area contributed by atoms with Crippen LogP contribution >= 0.6 is 11.6 Å². The molecule has 0 aromatic carbocycles. The molecule has 17 heavy (non-hydrogen) atoms. The zero-order chi connectivity index (χ0) is 12.4. The Morgan fingerprint density at radius 3 is 2.88 bits per heavy atom. The number of fused-ring (bicyclic) bond motifs is 1. The van der Waals surface area contributed by atoms with Crippen LogP contribution in [0.4, 0.5) is 5.82 Å². The molecule has 2 rings (SSSR count). The first-order valence-electron chi connectivity index (χ1n) is 5.75. The minimum atomic E-state index is 0.418. The van der Waals surface area contributed by atoms with Crippen LogP contribution in [0.1, 0.15) is 25.5 Å². The highest BCUT2D eigenvalue weighted by Gasteiger charge is 2.12. The van der Waals surface area contributed by atoms with Gasteiger partial charge in [-0.2, -0.15) is 5.10 Å². The molecule has 0 spiro atoms. The van der Waals surface area contributed by atoms with Gasteiger partial charge in [-0.15, -0.1) is 11.6 Å². The van der Waals surface area contributed by atoms with Gasteiger partial charge in [0.25, 0.3) is 0 Å². The maximum absolute atomic E-state index is 5.76. The first kappa shape index (κ1) is 12.2. The van der Waals surface area contributed by atoms with Gasteiger partial charge >= 0.3 is 0 Å². The van der Waals surface area contributed by atoms with Gasteiger partial charge in [-0.25, -0.2) is 9.50 Å². The summed E-state index contributed by atoms with van der Waals surface area (Å²) in [6, 6.07) is 2.09. The number of hydrogen-bond acceptors (Lipinski definition) is 3. The number of hydrogen-bond donors (Lipinski definition) is 0. The van der Waals surface area contributed by atoms with Crippen LogP contribution in [0.15, 0.2) is 18.5 Å². The van der Waals surface area contributed by atoms with E-state index in [4.69, 9.17) is 11.6 Å². The summed E-state index contributed by atoms with van der Waals surface area (Å²) < 4.78 is 1.88. The molecule has 0 fully saturated rings. The summed E-state index contributed by atoms with van der Waals surface area (Å²) in [5.41, 5.74) is 2.11. The molecular formula is C12H17ClN4. The van der Waals surface area contributed by atoms with Gasteiger partial charge in [0.15, 0.2) is 5.82 Å². The van der Waals surface area contributed by atoms with Gasteiger partial charge in [-0.3, -0.25) is 0 Å². The van der Waals surface area contributed by atoms with E-state index in [0.29, 0.717) is 11.8 Å². The predicted octanol–water partition coefficient (Wildman–Crippen LogP) is 2.53. The largest absolute Gasteiger partial charge is 0.357 e. The molecule has 0 atom stereocenters. The van der Waals surface area contributed by atoms with E-state index >= 15 is 0 Å². The number of alkyl halides is 1. The zero-order valence-corrected chi connectivity index (χ0v) is 11.1. The van der Waals surface area contributed by atoms with E-state index in [1.807, 2.05) is 22.7 Å². The van der Waals surface area contributed by atoms with Crippen molar-refractivity contribution in [2.75, 3.05) is 24.4 Å². The number of rotatable bonds is 4. The first-order valence-corrected chi connectivity index (χ1v) is 6.28. The van der Waals surface area contributed by atoms with Crippen molar-refractivity contribution in [1.29, 1.82) is 0 Å². The SMILES string of the molecule is CC(C)c1cc2c(N(C)CCCl)nccn2n1. The molecule has 2 aromatic heterocycles. The van der Waals surface area contributed by atoms with E-state index in [1.165, 1.54) is 0 Å². The molecule has 92 valence electrons. The molecule has 0 saturated carbocycles. The molecule has 0 aliphatic carbocycles.